The van der Waals surface area contributed by atoms with Crippen LogP contribution in [0.25, 0.3) is 0 Å². The summed E-state index contributed by atoms with van der Waals surface area (Å²) < 4.78 is 22.8. The van der Waals surface area contributed by atoms with Crippen LogP contribution in [0.2, 0.25) is 0 Å². The molecule has 0 radical (unpaired) electrons. The lowest BCUT2D eigenvalue weighted by Crippen LogP contribution is -2.20. The molecule has 4 aliphatic heterocycles. The number of hydrogen-bond acceptors (Lipinski definition) is 4. The predicted octanol–water partition coefficient (Wildman–Crippen LogP) is 0.180. The van der Waals surface area contributed by atoms with Gasteiger partial charge in [0.2, 0.25) is 0 Å². The zero-order valence-corrected chi connectivity index (χ0v) is 7.67. The summed E-state index contributed by atoms with van der Waals surface area (Å²) in [7, 11) is 0. The molecule has 4 nitrogen and oxygen atoms in total. The van der Waals surface area contributed by atoms with Crippen LogP contribution < -0.4 is 0 Å². The summed E-state index contributed by atoms with van der Waals surface area (Å²) in [6, 6.07) is 0. The molecular weight excluding hydrogens is 184 g/mol. The van der Waals surface area contributed by atoms with Gasteiger partial charge in [-0.15, -0.1) is 0 Å². The molecule has 0 N–H and O–H groups in total. The minimum atomic E-state index is -0.0342. The molecule has 0 aromatic rings. The third-order valence-corrected chi connectivity index (χ3v) is 4.81. The molecule has 4 heterocycles. The number of rotatable bonds is 0. The van der Waals surface area contributed by atoms with Crippen LogP contribution in [0.4, 0.5) is 0 Å². The van der Waals surface area contributed by atoms with E-state index in [1.807, 2.05) is 0 Å². The molecule has 14 heavy (non-hydrogen) atoms. The van der Waals surface area contributed by atoms with Crippen molar-refractivity contribution in [1.82, 2.24) is 0 Å². The van der Waals surface area contributed by atoms with Crippen LogP contribution in [0.1, 0.15) is 0 Å². The van der Waals surface area contributed by atoms with Gasteiger partial charge in [0.1, 0.15) is 0 Å². The van der Waals surface area contributed by atoms with Crippen LogP contribution in [0.15, 0.2) is 0 Å². The van der Waals surface area contributed by atoms with Crippen molar-refractivity contribution in [3.63, 3.8) is 0 Å². The minimum Gasteiger partial charge on any atom is -0.352 e. The maximum Gasteiger partial charge on any atom is 0.167 e. The van der Waals surface area contributed by atoms with Gasteiger partial charge in [0, 0.05) is 17.8 Å². The summed E-state index contributed by atoms with van der Waals surface area (Å²) in [6.07, 6.45) is 0.0243. The second-order valence-electron chi connectivity index (χ2n) is 5.10. The fourth-order valence-electron chi connectivity index (χ4n) is 4.37. The molecule has 6 atom stereocenters. The van der Waals surface area contributed by atoms with Crippen molar-refractivity contribution in [3.05, 3.63) is 0 Å². The van der Waals surface area contributed by atoms with E-state index in [0.717, 1.165) is 13.2 Å². The van der Waals surface area contributed by atoms with Gasteiger partial charge in [-0.05, 0) is 11.8 Å². The molecule has 0 aromatic heterocycles. The number of hydrogen-bond donors (Lipinski definition) is 0. The fraction of sp³-hybridized carbons (Fsp3) is 1.00. The zero-order valence-electron chi connectivity index (χ0n) is 7.67. The normalized spacial score (nSPS) is 72.0. The van der Waals surface area contributed by atoms with E-state index in [1.54, 1.807) is 0 Å². The summed E-state index contributed by atoms with van der Waals surface area (Å²) in [5.41, 5.74) is 0. The summed E-state index contributed by atoms with van der Waals surface area (Å²) in [5.74, 6) is 3.11. The second-order valence-corrected chi connectivity index (χ2v) is 5.10. The van der Waals surface area contributed by atoms with Gasteiger partial charge < -0.3 is 18.9 Å². The molecule has 5 aliphatic rings. The van der Waals surface area contributed by atoms with Crippen LogP contribution in [0, 0.1) is 29.6 Å². The standard InChI is InChI=1S/C10H12O4/c1-3-4-2-12-9-6(4)7-5(3)8(11-1)13-10(7)14-9/h3-10H,1-2H2. The third kappa shape index (κ3) is 0.560. The van der Waals surface area contributed by atoms with E-state index >= 15 is 0 Å². The Bertz CT molecular complexity index is 278. The second kappa shape index (κ2) is 2.02. The Morgan fingerprint density at radius 2 is 1.21 bits per heavy atom. The van der Waals surface area contributed by atoms with E-state index in [2.05, 4.69) is 0 Å². The van der Waals surface area contributed by atoms with Gasteiger partial charge in [-0.1, -0.05) is 0 Å². The first-order valence-electron chi connectivity index (χ1n) is 5.47. The highest BCUT2D eigenvalue weighted by atomic mass is 16.8. The molecule has 6 unspecified atom stereocenters. The van der Waals surface area contributed by atoms with Crippen molar-refractivity contribution in [3.8, 4) is 0 Å². The lowest BCUT2D eigenvalue weighted by atomic mass is 9.90. The molecule has 1 aliphatic carbocycles. The van der Waals surface area contributed by atoms with E-state index in [4.69, 9.17) is 18.9 Å². The predicted molar refractivity (Wildman–Crippen MR) is 42.9 cm³/mol. The molecule has 0 amide bonds. The van der Waals surface area contributed by atoms with Crippen LogP contribution in [-0.4, -0.2) is 32.1 Å². The first-order valence-corrected chi connectivity index (χ1v) is 5.47. The molecule has 1 saturated carbocycles. The van der Waals surface area contributed by atoms with Crippen molar-refractivity contribution in [2.75, 3.05) is 13.2 Å². The molecule has 76 valence electrons. The Labute approximate surface area is 81.4 Å². The highest BCUT2D eigenvalue weighted by Crippen LogP contribution is 2.64. The average molecular weight is 196 g/mol. The van der Waals surface area contributed by atoms with E-state index in [1.165, 1.54) is 0 Å². The van der Waals surface area contributed by atoms with E-state index < -0.39 is 0 Å². The lowest BCUT2D eigenvalue weighted by Gasteiger charge is -2.13. The van der Waals surface area contributed by atoms with Gasteiger partial charge in [-0.3, -0.25) is 0 Å². The molecule has 5 fully saturated rings. The first kappa shape index (κ1) is 7.17. The van der Waals surface area contributed by atoms with E-state index in [9.17, 15) is 0 Å². The number of fused-ring (bicyclic) bond motifs is 1. The Balaban J connectivity index is 1.70. The average Bonchev–Trinajstić information content (AvgIpc) is 2.77. The molecule has 0 aromatic carbocycles. The maximum atomic E-state index is 5.74. The monoisotopic (exact) mass is 196 g/mol. The quantitative estimate of drug-likeness (QED) is 0.554. The summed E-state index contributed by atoms with van der Waals surface area (Å²) >= 11 is 0. The third-order valence-electron chi connectivity index (χ3n) is 4.81. The molecule has 4 saturated heterocycles. The Hall–Kier alpha value is -0.160. The van der Waals surface area contributed by atoms with Crippen molar-refractivity contribution in [2.24, 2.45) is 29.6 Å². The molecular formula is C10H12O4. The van der Waals surface area contributed by atoms with Crippen molar-refractivity contribution in [1.29, 1.82) is 0 Å². The highest BCUT2D eigenvalue weighted by molar-refractivity contribution is 5.10. The van der Waals surface area contributed by atoms with Crippen LogP contribution in [0.5, 0.6) is 0 Å². The molecule has 4 heteroatoms. The van der Waals surface area contributed by atoms with Crippen molar-refractivity contribution < 1.29 is 18.9 Å². The van der Waals surface area contributed by atoms with Gasteiger partial charge >= 0.3 is 0 Å². The molecule has 5 rings (SSSR count). The van der Waals surface area contributed by atoms with Gasteiger partial charge in [0.15, 0.2) is 18.9 Å². The SMILES string of the molecule is C1OC2OC3OC4OCC5C1C2C3C45. The summed E-state index contributed by atoms with van der Waals surface area (Å²) in [6.45, 7) is 1.74. The maximum absolute atomic E-state index is 5.74. The van der Waals surface area contributed by atoms with Crippen molar-refractivity contribution >= 4 is 0 Å². The van der Waals surface area contributed by atoms with Gasteiger partial charge in [-0.25, -0.2) is 0 Å². The van der Waals surface area contributed by atoms with Gasteiger partial charge in [0.25, 0.3) is 0 Å². The van der Waals surface area contributed by atoms with Crippen LogP contribution in [-0.2, 0) is 18.9 Å². The van der Waals surface area contributed by atoms with E-state index in [0.29, 0.717) is 29.6 Å². The summed E-state index contributed by atoms with van der Waals surface area (Å²) in [4.78, 5) is 0. The van der Waals surface area contributed by atoms with Crippen LogP contribution >= 0.6 is 0 Å². The minimum absolute atomic E-state index is 0.0292. The topological polar surface area (TPSA) is 36.9 Å². The number of ether oxygens (including phenoxy) is 4. The zero-order chi connectivity index (χ0) is 8.86. The molecule has 0 bridgehead atoms. The molecule has 0 spiro atoms. The Morgan fingerprint density at radius 3 is 1.79 bits per heavy atom. The van der Waals surface area contributed by atoms with E-state index in [-0.39, 0.29) is 18.9 Å². The van der Waals surface area contributed by atoms with Gasteiger partial charge in [-0.2, -0.15) is 0 Å². The van der Waals surface area contributed by atoms with Gasteiger partial charge in [0.05, 0.1) is 13.2 Å². The van der Waals surface area contributed by atoms with Crippen molar-refractivity contribution in [2.45, 2.75) is 18.9 Å². The fourth-order valence-corrected chi connectivity index (χ4v) is 4.37. The lowest BCUT2D eigenvalue weighted by molar-refractivity contribution is -0.235. The Morgan fingerprint density at radius 1 is 0.643 bits per heavy atom. The first-order chi connectivity index (χ1) is 6.93. The Kier molecular flexibility index (Phi) is 1.04. The van der Waals surface area contributed by atoms with Crippen LogP contribution in [0.3, 0.4) is 0 Å². The smallest absolute Gasteiger partial charge is 0.167 e. The largest absolute Gasteiger partial charge is 0.352 e. The summed E-state index contributed by atoms with van der Waals surface area (Å²) in [5, 5.41) is 0. The highest BCUT2D eigenvalue weighted by Gasteiger charge is 2.71.